The number of hydrogen-bond donors (Lipinski definition) is 1. The molecule has 0 aliphatic carbocycles. The minimum Gasteiger partial charge on any atom is -0.497 e. The number of aliphatic imine (C=N–C) groups is 1. The van der Waals surface area contributed by atoms with E-state index < -0.39 is 5.97 Å². The number of carboxylic acids is 1. The van der Waals surface area contributed by atoms with E-state index in [0.717, 1.165) is 11.1 Å². The molecule has 0 bridgehead atoms. The van der Waals surface area contributed by atoms with Crippen LogP contribution in [0, 0.1) is 0 Å². The van der Waals surface area contributed by atoms with E-state index in [-0.39, 0.29) is 24.6 Å². The van der Waals surface area contributed by atoms with Gasteiger partial charge in [-0.2, -0.15) is 0 Å². The summed E-state index contributed by atoms with van der Waals surface area (Å²) in [4.78, 5) is 31.7. The highest BCUT2D eigenvalue weighted by atomic mass is 79.9. The van der Waals surface area contributed by atoms with Crippen LogP contribution in [0.5, 0.6) is 11.5 Å². The Hall–Kier alpha value is -3.76. The topological polar surface area (TPSA) is 88.4 Å². The molecule has 0 unspecified atom stereocenters. The molecule has 0 spiro atoms. The lowest BCUT2D eigenvalue weighted by Gasteiger charge is -2.16. The van der Waals surface area contributed by atoms with Gasteiger partial charge in [0.25, 0.3) is 5.91 Å². The first-order valence-electron chi connectivity index (χ1n) is 12.8. The third kappa shape index (κ3) is 7.43. The van der Waals surface area contributed by atoms with Crippen molar-refractivity contribution in [2.24, 2.45) is 4.99 Å². The average Bonchev–Trinajstić information content (AvgIpc) is 3.27. The van der Waals surface area contributed by atoms with E-state index in [1.165, 1.54) is 23.9 Å². The molecule has 5 rings (SSSR count). The van der Waals surface area contributed by atoms with Gasteiger partial charge in [0.15, 0.2) is 10.9 Å². The number of hydrogen-bond acceptors (Lipinski definition) is 6. The molecule has 1 fully saturated rings. The van der Waals surface area contributed by atoms with Gasteiger partial charge in [0, 0.05) is 10.6 Å². The van der Waals surface area contributed by atoms with Crippen LogP contribution in [0.2, 0.25) is 10.0 Å². The Kier molecular flexibility index (Phi) is 9.77. The van der Waals surface area contributed by atoms with Crippen LogP contribution in [0.4, 0.5) is 5.69 Å². The molecule has 1 saturated heterocycles. The number of aromatic carboxylic acids is 1. The van der Waals surface area contributed by atoms with Crippen LogP contribution in [-0.2, 0) is 17.9 Å². The summed E-state index contributed by atoms with van der Waals surface area (Å²) in [7, 11) is 1.59. The van der Waals surface area contributed by atoms with Crippen LogP contribution < -0.4 is 9.47 Å². The zero-order chi connectivity index (χ0) is 30.5. The Labute approximate surface area is 270 Å². The molecular formula is C32H23BrCl2N2O5S. The van der Waals surface area contributed by atoms with Gasteiger partial charge in [0.2, 0.25) is 0 Å². The molecular weight excluding hydrogens is 675 g/mol. The normalized spacial score (nSPS) is 14.9. The van der Waals surface area contributed by atoms with Crippen LogP contribution in [0.15, 0.2) is 99.3 Å². The van der Waals surface area contributed by atoms with Crippen molar-refractivity contribution in [2.75, 3.05) is 7.11 Å². The number of ether oxygens (including phenoxy) is 2. The third-order valence-corrected chi connectivity index (χ3v) is 8.62. The standard InChI is InChI=1S/C32H23BrCl2N2O5S/c1-41-24-12-10-23(11-13-24)36-32-37(17-19-6-8-21(9-7-19)31(39)40)30(38)28(43-32)16-20-14-25(33)29(27(35)15-20)42-18-22-4-2-3-5-26(22)34/h2-16H,17-18H2,1H3,(H,39,40)/b28-16-,36-32?. The zero-order valence-electron chi connectivity index (χ0n) is 22.6. The second-order valence-corrected chi connectivity index (χ2v) is 12.0. The number of carboxylic acid groups (broad SMARTS) is 1. The fourth-order valence-electron chi connectivity index (χ4n) is 4.15. The Morgan fingerprint density at radius 3 is 2.40 bits per heavy atom. The summed E-state index contributed by atoms with van der Waals surface area (Å²) in [6.45, 7) is 0.442. The predicted octanol–water partition coefficient (Wildman–Crippen LogP) is 8.85. The molecule has 1 N–H and O–H groups in total. The van der Waals surface area contributed by atoms with Crippen LogP contribution >= 0.6 is 50.9 Å². The lowest BCUT2D eigenvalue weighted by Crippen LogP contribution is -2.28. The maximum atomic E-state index is 13.7. The van der Waals surface area contributed by atoms with Crippen molar-refractivity contribution in [3.05, 3.63) is 127 Å². The van der Waals surface area contributed by atoms with Crippen molar-refractivity contribution in [3.8, 4) is 11.5 Å². The van der Waals surface area contributed by atoms with E-state index >= 15 is 0 Å². The van der Waals surface area contributed by atoms with Gasteiger partial charge in [0.1, 0.15) is 12.4 Å². The number of carbonyl (C=O) groups excluding carboxylic acids is 1. The number of amides is 1. The van der Waals surface area contributed by atoms with Gasteiger partial charge in [-0.15, -0.1) is 0 Å². The van der Waals surface area contributed by atoms with E-state index in [0.29, 0.717) is 47.3 Å². The molecule has 0 radical (unpaired) electrons. The van der Waals surface area contributed by atoms with Gasteiger partial charge in [-0.05, 0) is 99.5 Å². The fraction of sp³-hybridized carbons (Fsp3) is 0.0938. The van der Waals surface area contributed by atoms with Crippen molar-refractivity contribution < 1.29 is 24.2 Å². The lowest BCUT2D eigenvalue weighted by molar-refractivity contribution is -0.122. The molecule has 1 aliphatic rings. The Balaban J connectivity index is 1.43. The van der Waals surface area contributed by atoms with E-state index in [1.807, 2.05) is 24.3 Å². The van der Waals surface area contributed by atoms with Gasteiger partial charge >= 0.3 is 5.97 Å². The van der Waals surface area contributed by atoms with Crippen LogP contribution in [0.1, 0.15) is 27.0 Å². The van der Waals surface area contributed by atoms with Crippen LogP contribution in [-0.4, -0.2) is 34.2 Å². The molecule has 4 aromatic carbocycles. The number of thioether (sulfide) groups is 1. The van der Waals surface area contributed by atoms with Crippen LogP contribution in [0.25, 0.3) is 6.08 Å². The monoisotopic (exact) mass is 696 g/mol. The Bertz CT molecular complexity index is 1720. The maximum Gasteiger partial charge on any atom is 0.335 e. The fourth-order valence-corrected chi connectivity index (χ4v) is 6.33. The SMILES string of the molecule is COc1ccc(N=C2S/C(=C\c3cc(Cl)c(OCc4ccccc4Cl)c(Br)c3)C(=O)N2Cc2ccc(C(=O)O)cc2)cc1. The summed E-state index contributed by atoms with van der Waals surface area (Å²) < 4.78 is 11.8. The van der Waals surface area contributed by atoms with E-state index in [2.05, 4.69) is 15.9 Å². The summed E-state index contributed by atoms with van der Waals surface area (Å²) in [5.74, 6) is -0.110. The quantitative estimate of drug-likeness (QED) is 0.176. The summed E-state index contributed by atoms with van der Waals surface area (Å²) in [6.07, 6.45) is 1.75. The number of methoxy groups -OCH3 is 1. The third-order valence-electron chi connectivity index (χ3n) is 6.38. The first-order chi connectivity index (χ1) is 20.7. The summed E-state index contributed by atoms with van der Waals surface area (Å²) in [5.41, 5.74) is 3.09. The van der Waals surface area contributed by atoms with Crippen molar-refractivity contribution in [2.45, 2.75) is 13.2 Å². The first-order valence-corrected chi connectivity index (χ1v) is 15.2. The van der Waals surface area contributed by atoms with Gasteiger partial charge < -0.3 is 14.6 Å². The molecule has 1 amide bonds. The highest BCUT2D eigenvalue weighted by Crippen LogP contribution is 2.39. The molecule has 218 valence electrons. The largest absolute Gasteiger partial charge is 0.497 e. The second kappa shape index (κ2) is 13.7. The van der Waals surface area contributed by atoms with Crippen molar-refractivity contribution >= 4 is 79.7 Å². The molecule has 4 aromatic rings. The molecule has 1 aliphatic heterocycles. The highest BCUT2D eigenvalue weighted by molar-refractivity contribution is 9.10. The number of amidine groups is 1. The molecule has 0 atom stereocenters. The van der Waals surface area contributed by atoms with Gasteiger partial charge in [0.05, 0.1) is 39.3 Å². The first kappa shape index (κ1) is 30.7. The molecule has 1 heterocycles. The Morgan fingerprint density at radius 2 is 1.74 bits per heavy atom. The maximum absolute atomic E-state index is 13.7. The molecule has 0 saturated carbocycles. The minimum absolute atomic E-state index is 0.167. The molecule has 11 heteroatoms. The second-order valence-electron chi connectivity index (χ2n) is 9.29. The summed E-state index contributed by atoms with van der Waals surface area (Å²) in [5, 5.41) is 10.7. The number of rotatable bonds is 9. The van der Waals surface area contributed by atoms with Crippen molar-refractivity contribution in [3.63, 3.8) is 0 Å². The summed E-state index contributed by atoms with van der Waals surface area (Å²) >= 11 is 17.6. The Morgan fingerprint density at radius 1 is 1.02 bits per heavy atom. The number of benzene rings is 4. The van der Waals surface area contributed by atoms with Crippen molar-refractivity contribution in [1.82, 2.24) is 4.90 Å². The molecule has 43 heavy (non-hydrogen) atoms. The highest BCUT2D eigenvalue weighted by Gasteiger charge is 2.33. The predicted molar refractivity (Wildman–Crippen MR) is 175 cm³/mol. The van der Waals surface area contributed by atoms with E-state index in [1.54, 1.807) is 66.6 Å². The minimum atomic E-state index is -1.02. The average molecular weight is 698 g/mol. The molecule has 0 aromatic heterocycles. The van der Waals surface area contributed by atoms with Gasteiger partial charge in [-0.1, -0.05) is 53.5 Å². The van der Waals surface area contributed by atoms with Crippen LogP contribution in [0.3, 0.4) is 0 Å². The molecule has 7 nitrogen and oxygen atoms in total. The number of nitrogens with zero attached hydrogens (tertiary/aromatic N) is 2. The van der Waals surface area contributed by atoms with Crippen molar-refractivity contribution in [1.29, 1.82) is 0 Å². The van der Waals surface area contributed by atoms with E-state index in [4.69, 9.17) is 37.7 Å². The van der Waals surface area contributed by atoms with Gasteiger partial charge in [-0.3, -0.25) is 9.69 Å². The summed E-state index contributed by atoms with van der Waals surface area (Å²) in [6, 6.07) is 24.5. The number of halogens is 3. The van der Waals surface area contributed by atoms with Gasteiger partial charge in [-0.25, -0.2) is 9.79 Å². The number of carbonyl (C=O) groups is 2. The zero-order valence-corrected chi connectivity index (χ0v) is 26.5. The lowest BCUT2D eigenvalue weighted by atomic mass is 10.1. The smallest absolute Gasteiger partial charge is 0.335 e. The van der Waals surface area contributed by atoms with E-state index in [9.17, 15) is 14.7 Å².